The molecule has 11 heteroatoms. The SMILES string of the molecule is Cc1cccc(-c2nccc(Nc3ccnc(Nc4ccc(CN5CCN[C@@H](C(=O)O)C5)cc4)n3)n2)n1. The zero-order chi connectivity index (χ0) is 25.6. The Balaban J connectivity index is 1.21. The van der Waals surface area contributed by atoms with Gasteiger partial charge in [-0.1, -0.05) is 18.2 Å². The van der Waals surface area contributed by atoms with Gasteiger partial charge in [-0.05, 0) is 48.9 Å². The van der Waals surface area contributed by atoms with Crippen LogP contribution < -0.4 is 16.0 Å². The van der Waals surface area contributed by atoms with Crippen molar-refractivity contribution in [3.63, 3.8) is 0 Å². The van der Waals surface area contributed by atoms with Crippen LogP contribution in [0.1, 0.15) is 11.3 Å². The molecule has 3 aromatic heterocycles. The number of nitrogens with one attached hydrogen (secondary N) is 3. The number of carboxylic acids is 1. The Hall–Kier alpha value is -4.48. The molecule has 4 heterocycles. The first-order valence-electron chi connectivity index (χ1n) is 11.9. The minimum Gasteiger partial charge on any atom is -0.480 e. The van der Waals surface area contributed by atoms with Crippen LogP contribution in [-0.2, 0) is 11.3 Å². The molecule has 1 saturated heterocycles. The van der Waals surface area contributed by atoms with Crippen LogP contribution in [0.25, 0.3) is 11.5 Å². The summed E-state index contributed by atoms with van der Waals surface area (Å²) < 4.78 is 0. The molecule has 1 atom stereocenters. The summed E-state index contributed by atoms with van der Waals surface area (Å²) >= 11 is 0. The average Bonchev–Trinajstić information content (AvgIpc) is 2.90. The molecule has 0 bridgehead atoms. The summed E-state index contributed by atoms with van der Waals surface area (Å²) in [7, 11) is 0. The lowest BCUT2D eigenvalue weighted by molar-refractivity contribution is -0.140. The molecule has 0 spiro atoms. The summed E-state index contributed by atoms with van der Waals surface area (Å²) in [5, 5.41) is 18.7. The van der Waals surface area contributed by atoms with E-state index >= 15 is 0 Å². The second-order valence-electron chi connectivity index (χ2n) is 8.72. The molecule has 5 rings (SSSR count). The Morgan fingerprint density at radius 2 is 1.78 bits per heavy atom. The summed E-state index contributed by atoms with van der Waals surface area (Å²) in [5.41, 5.74) is 3.56. The maximum Gasteiger partial charge on any atom is 0.322 e. The molecule has 188 valence electrons. The van der Waals surface area contributed by atoms with E-state index in [9.17, 15) is 9.90 Å². The van der Waals surface area contributed by atoms with E-state index in [0.717, 1.165) is 23.5 Å². The van der Waals surface area contributed by atoms with E-state index in [-0.39, 0.29) is 0 Å². The number of aryl methyl sites for hydroxylation is 1. The number of aromatic nitrogens is 5. The maximum atomic E-state index is 11.3. The van der Waals surface area contributed by atoms with E-state index in [4.69, 9.17) is 0 Å². The number of piperazine rings is 1. The lowest BCUT2D eigenvalue weighted by Crippen LogP contribution is -2.53. The van der Waals surface area contributed by atoms with Gasteiger partial charge in [0.05, 0.1) is 0 Å². The highest BCUT2D eigenvalue weighted by Crippen LogP contribution is 2.20. The summed E-state index contributed by atoms with van der Waals surface area (Å²) in [6.45, 7) is 4.58. The van der Waals surface area contributed by atoms with Crippen molar-refractivity contribution in [1.29, 1.82) is 0 Å². The van der Waals surface area contributed by atoms with Crippen LogP contribution in [0.15, 0.2) is 67.0 Å². The smallest absolute Gasteiger partial charge is 0.322 e. The van der Waals surface area contributed by atoms with Crippen molar-refractivity contribution >= 4 is 29.2 Å². The van der Waals surface area contributed by atoms with Gasteiger partial charge in [0.15, 0.2) is 5.82 Å². The zero-order valence-corrected chi connectivity index (χ0v) is 20.3. The molecule has 0 aliphatic carbocycles. The largest absolute Gasteiger partial charge is 0.480 e. The Bertz CT molecular complexity index is 1380. The van der Waals surface area contributed by atoms with Crippen molar-refractivity contribution in [2.45, 2.75) is 19.5 Å². The van der Waals surface area contributed by atoms with E-state index in [0.29, 0.717) is 48.7 Å². The number of hydrogen-bond acceptors (Lipinski definition) is 10. The summed E-state index contributed by atoms with van der Waals surface area (Å²) in [6.07, 6.45) is 3.35. The van der Waals surface area contributed by atoms with Gasteiger partial charge in [-0.15, -0.1) is 0 Å². The number of pyridine rings is 1. The van der Waals surface area contributed by atoms with Crippen LogP contribution >= 0.6 is 0 Å². The van der Waals surface area contributed by atoms with Gasteiger partial charge >= 0.3 is 5.97 Å². The number of benzene rings is 1. The fourth-order valence-corrected chi connectivity index (χ4v) is 4.04. The van der Waals surface area contributed by atoms with E-state index in [1.807, 2.05) is 49.4 Å². The number of nitrogens with zero attached hydrogens (tertiary/aromatic N) is 6. The average molecular weight is 498 g/mol. The van der Waals surface area contributed by atoms with Gasteiger partial charge in [0.25, 0.3) is 0 Å². The summed E-state index contributed by atoms with van der Waals surface area (Å²) in [6, 6.07) is 16.7. The van der Waals surface area contributed by atoms with Gasteiger partial charge in [-0.25, -0.2) is 19.9 Å². The molecule has 1 aromatic carbocycles. The molecule has 11 nitrogen and oxygen atoms in total. The van der Waals surface area contributed by atoms with Crippen LogP contribution in [-0.4, -0.2) is 66.6 Å². The Kier molecular flexibility index (Phi) is 7.24. The van der Waals surface area contributed by atoms with Crippen molar-refractivity contribution < 1.29 is 9.90 Å². The fraction of sp³-hybridized carbons (Fsp3) is 0.231. The molecule has 4 N–H and O–H groups in total. The second-order valence-corrected chi connectivity index (χ2v) is 8.72. The molecular weight excluding hydrogens is 470 g/mol. The van der Waals surface area contributed by atoms with Gasteiger partial charge in [0.1, 0.15) is 23.4 Å². The van der Waals surface area contributed by atoms with Gasteiger partial charge in [-0.3, -0.25) is 9.69 Å². The second kappa shape index (κ2) is 11.1. The van der Waals surface area contributed by atoms with E-state index in [1.165, 1.54) is 0 Å². The monoisotopic (exact) mass is 497 g/mol. The number of rotatable bonds is 8. The summed E-state index contributed by atoms with van der Waals surface area (Å²) in [4.78, 5) is 35.6. The van der Waals surface area contributed by atoms with Crippen molar-refractivity contribution in [1.82, 2.24) is 35.1 Å². The predicted octanol–water partition coefficient (Wildman–Crippen LogP) is 2.98. The maximum absolute atomic E-state index is 11.3. The molecule has 0 unspecified atom stereocenters. The first-order valence-corrected chi connectivity index (χ1v) is 11.9. The van der Waals surface area contributed by atoms with Gasteiger partial charge < -0.3 is 21.1 Å². The molecule has 1 aliphatic rings. The lowest BCUT2D eigenvalue weighted by atomic mass is 10.1. The van der Waals surface area contributed by atoms with E-state index in [2.05, 4.69) is 45.8 Å². The first-order chi connectivity index (χ1) is 18.0. The molecule has 37 heavy (non-hydrogen) atoms. The first kappa shape index (κ1) is 24.2. The third-order valence-corrected chi connectivity index (χ3v) is 5.86. The standard InChI is InChI=1S/C26H27N9O2/c1-17-3-2-4-20(30-17)24-28-11-9-22(33-24)32-23-10-12-29-26(34-23)31-19-7-5-18(6-8-19)15-35-14-13-27-21(16-35)25(36)37/h2-12,21,27H,13-16H2,1H3,(H,36,37)(H2,28,29,31,32,33,34)/t21-/m1/s1. The van der Waals surface area contributed by atoms with Crippen molar-refractivity contribution in [3.05, 3.63) is 78.2 Å². The number of hydrogen-bond donors (Lipinski definition) is 4. The molecule has 1 aliphatic heterocycles. The topological polar surface area (TPSA) is 141 Å². The van der Waals surface area contributed by atoms with E-state index in [1.54, 1.807) is 24.5 Å². The number of anilines is 4. The van der Waals surface area contributed by atoms with Crippen LogP contribution in [0, 0.1) is 6.92 Å². The predicted molar refractivity (Wildman–Crippen MR) is 140 cm³/mol. The van der Waals surface area contributed by atoms with Crippen LogP contribution in [0.3, 0.4) is 0 Å². The number of carbonyl (C=O) groups is 1. The fourth-order valence-electron chi connectivity index (χ4n) is 4.04. The van der Waals surface area contributed by atoms with Gasteiger partial charge in [0, 0.05) is 50.0 Å². The van der Waals surface area contributed by atoms with Crippen LogP contribution in [0.4, 0.5) is 23.3 Å². The third-order valence-electron chi connectivity index (χ3n) is 5.86. The zero-order valence-electron chi connectivity index (χ0n) is 20.3. The Morgan fingerprint density at radius 1 is 1.00 bits per heavy atom. The van der Waals surface area contributed by atoms with Crippen molar-refractivity contribution in [3.8, 4) is 11.5 Å². The van der Waals surface area contributed by atoms with Gasteiger partial charge in [-0.2, -0.15) is 4.98 Å². The summed E-state index contributed by atoms with van der Waals surface area (Å²) in [5.74, 6) is 1.34. The number of aliphatic carboxylic acids is 1. The molecule has 0 saturated carbocycles. The van der Waals surface area contributed by atoms with Crippen LogP contribution in [0.2, 0.25) is 0 Å². The molecule has 4 aromatic rings. The number of carboxylic acid groups (broad SMARTS) is 1. The molecule has 0 radical (unpaired) electrons. The molecule has 1 fully saturated rings. The molecule has 0 amide bonds. The van der Waals surface area contributed by atoms with E-state index < -0.39 is 12.0 Å². The quantitative estimate of drug-likeness (QED) is 0.285. The highest BCUT2D eigenvalue weighted by Gasteiger charge is 2.24. The lowest BCUT2D eigenvalue weighted by Gasteiger charge is -2.31. The third kappa shape index (κ3) is 6.40. The normalized spacial score (nSPS) is 15.8. The van der Waals surface area contributed by atoms with Crippen molar-refractivity contribution in [2.24, 2.45) is 0 Å². The van der Waals surface area contributed by atoms with Gasteiger partial charge in [0.2, 0.25) is 5.95 Å². The molecular formula is C26H27N9O2. The Labute approximate surface area is 214 Å². The van der Waals surface area contributed by atoms with Crippen molar-refractivity contribution in [2.75, 3.05) is 30.3 Å². The minimum absolute atomic E-state index is 0.443. The van der Waals surface area contributed by atoms with Crippen LogP contribution in [0.5, 0.6) is 0 Å². The highest BCUT2D eigenvalue weighted by atomic mass is 16.4. The minimum atomic E-state index is -0.815. The highest BCUT2D eigenvalue weighted by molar-refractivity contribution is 5.73. The Morgan fingerprint density at radius 3 is 2.57 bits per heavy atom.